The topological polar surface area (TPSA) is 41.8 Å². The van der Waals surface area contributed by atoms with E-state index in [1.54, 1.807) is 0 Å². The van der Waals surface area contributed by atoms with Crippen LogP contribution in [0.4, 0.5) is 0 Å². The van der Waals surface area contributed by atoms with Crippen molar-refractivity contribution in [1.29, 1.82) is 0 Å². The molecule has 1 N–H and O–H groups in total. The third-order valence-corrected chi connectivity index (χ3v) is 1.22. The van der Waals surface area contributed by atoms with Crippen LogP contribution in [0.25, 0.3) is 0 Å². The van der Waals surface area contributed by atoms with E-state index in [1.807, 2.05) is 27.7 Å². The van der Waals surface area contributed by atoms with Crippen LogP contribution in [0.1, 0.15) is 34.1 Å². The molecule has 0 aromatic rings. The molecule has 0 aromatic carbocycles. The molecule has 3 heteroatoms. The first kappa shape index (κ1) is 10.4. The van der Waals surface area contributed by atoms with Gasteiger partial charge in [0.15, 0.2) is 0 Å². The molecule has 0 saturated heterocycles. The van der Waals surface area contributed by atoms with Gasteiger partial charge >= 0.3 is 0 Å². The minimum atomic E-state index is -0.236. The number of oxime groups is 1. The third kappa shape index (κ3) is 5.85. The van der Waals surface area contributed by atoms with E-state index in [1.165, 1.54) is 6.21 Å². The van der Waals surface area contributed by atoms with Crippen LogP contribution in [-0.4, -0.2) is 23.1 Å². The standard InChI is InChI=1S/C8H17NO2/c1-7(2)11-8(3,4)5-6-9-10/h6-7,10H,5H2,1-4H3. The SMILES string of the molecule is CC(C)OC(C)(C)CC=NO. The summed E-state index contributed by atoms with van der Waals surface area (Å²) in [4.78, 5) is 0. The summed E-state index contributed by atoms with van der Waals surface area (Å²) >= 11 is 0. The molecule has 66 valence electrons. The van der Waals surface area contributed by atoms with E-state index >= 15 is 0 Å². The maximum atomic E-state index is 8.18. The van der Waals surface area contributed by atoms with Gasteiger partial charge in [0.2, 0.25) is 0 Å². The van der Waals surface area contributed by atoms with E-state index in [0.29, 0.717) is 6.42 Å². The highest BCUT2D eigenvalue weighted by atomic mass is 16.5. The smallest absolute Gasteiger partial charge is 0.0680 e. The molecule has 0 heterocycles. The van der Waals surface area contributed by atoms with Crippen molar-refractivity contribution >= 4 is 6.21 Å². The zero-order chi connectivity index (χ0) is 8.91. The predicted octanol–water partition coefficient (Wildman–Crippen LogP) is 2.04. The Balaban J connectivity index is 3.79. The van der Waals surface area contributed by atoms with Gasteiger partial charge in [0, 0.05) is 12.6 Å². The molecule has 0 saturated carbocycles. The molecule has 0 aliphatic carbocycles. The van der Waals surface area contributed by atoms with Gasteiger partial charge in [-0.15, -0.1) is 5.16 Å². The maximum Gasteiger partial charge on any atom is 0.0680 e. The quantitative estimate of drug-likeness (QED) is 0.387. The molecular weight excluding hydrogens is 142 g/mol. The lowest BCUT2D eigenvalue weighted by molar-refractivity contribution is -0.0499. The minimum absolute atomic E-state index is 0.206. The van der Waals surface area contributed by atoms with Crippen molar-refractivity contribution in [2.45, 2.75) is 45.8 Å². The van der Waals surface area contributed by atoms with Gasteiger partial charge in [-0.1, -0.05) is 0 Å². The van der Waals surface area contributed by atoms with Crippen LogP contribution in [0.3, 0.4) is 0 Å². The van der Waals surface area contributed by atoms with Gasteiger partial charge in [0.05, 0.1) is 11.7 Å². The lowest BCUT2D eigenvalue weighted by Gasteiger charge is -2.25. The molecule has 11 heavy (non-hydrogen) atoms. The lowest BCUT2D eigenvalue weighted by atomic mass is 10.1. The number of hydrogen-bond acceptors (Lipinski definition) is 3. The van der Waals surface area contributed by atoms with Crippen LogP contribution < -0.4 is 0 Å². The van der Waals surface area contributed by atoms with Gasteiger partial charge < -0.3 is 9.94 Å². The van der Waals surface area contributed by atoms with E-state index in [4.69, 9.17) is 9.94 Å². The summed E-state index contributed by atoms with van der Waals surface area (Å²) < 4.78 is 5.54. The summed E-state index contributed by atoms with van der Waals surface area (Å²) in [6, 6.07) is 0. The third-order valence-electron chi connectivity index (χ3n) is 1.22. The molecule has 0 aliphatic heterocycles. The van der Waals surface area contributed by atoms with Gasteiger partial charge in [0.1, 0.15) is 0 Å². The van der Waals surface area contributed by atoms with Crippen molar-refractivity contribution in [3.63, 3.8) is 0 Å². The van der Waals surface area contributed by atoms with Crippen molar-refractivity contribution in [2.24, 2.45) is 5.16 Å². The highest BCUT2D eigenvalue weighted by molar-refractivity contribution is 5.57. The molecule has 3 nitrogen and oxygen atoms in total. The summed E-state index contributed by atoms with van der Waals surface area (Å²) in [6.45, 7) is 7.90. The Morgan fingerprint density at radius 3 is 2.45 bits per heavy atom. The van der Waals surface area contributed by atoms with Crippen LogP contribution in [0.15, 0.2) is 5.16 Å². The van der Waals surface area contributed by atoms with Crippen LogP contribution >= 0.6 is 0 Å². The van der Waals surface area contributed by atoms with Gasteiger partial charge in [-0.2, -0.15) is 0 Å². The van der Waals surface area contributed by atoms with Crippen LogP contribution in [0, 0.1) is 0 Å². The fraction of sp³-hybridized carbons (Fsp3) is 0.875. The maximum absolute atomic E-state index is 8.18. The first-order valence-electron chi connectivity index (χ1n) is 3.81. The van der Waals surface area contributed by atoms with Gasteiger partial charge in [-0.05, 0) is 27.7 Å². The van der Waals surface area contributed by atoms with E-state index in [0.717, 1.165) is 0 Å². The number of hydrogen-bond donors (Lipinski definition) is 1. The number of rotatable bonds is 4. The van der Waals surface area contributed by atoms with E-state index < -0.39 is 0 Å². The molecule has 0 radical (unpaired) electrons. The van der Waals surface area contributed by atoms with Crippen molar-refractivity contribution in [1.82, 2.24) is 0 Å². The molecule has 0 fully saturated rings. The van der Waals surface area contributed by atoms with E-state index in [9.17, 15) is 0 Å². The molecule has 0 aliphatic rings. The molecule has 0 unspecified atom stereocenters. The largest absolute Gasteiger partial charge is 0.411 e. The fourth-order valence-electron chi connectivity index (χ4n) is 0.947. The molecule has 0 aromatic heterocycles. The Labute approximate surface area is 68.1 Å². The first-order chi connectivity index (χ1) is 4.98. The Kier molecular flexibility index (Phi) is 4.11. The molecule has 0 atom stereocenters. The van der Waals surface area contributed by atoms with Crippen molar-refractivity contribution < 1.29 is 9.94 Å². The number of ether oxygens (including phenoxy) is 1. The van der Waals surface area contributed by atoms with Gasteiger partial charge in [0.25, 0.3) is 0 Å². The van der Waals surface area contributed by atoms with Crippen molar-refractivity contribution in [3.05, 3.63) is 0 Å². The summed E-state index contributed by atoms with van der Waals surface area (Å²) in [6.07, 6.45) is 2.28. The van der Waals surface area contributed by atoms with Gasteiger partial charge in [-0.25, -0.2) is 0 Å². The van der Waals surface area contributed by atoms with Crippen LogP contribution in [0.2, 0.25) is 0 Å². The second kappa shape index (κ2) is 4.34. The van der Waals surface area contributed by atoms with Crippen LogP contribution in [-0.2, 0) is 4.74 Å². The minimum Gasteiger partial charge on any atom is -0.411 e. The van der Waals surface area contributed by atoms with Gasteiger partial charge in [-0.3, -0.25) is 0 Å². The first-order valence-corrected chi connectivity index (χ1v) is 3.81. The Hall–Kier alpha value is -0.570. The zero-order valence-corrected chi connectivity index (χ0v) is 7.66. The second-order valence-electron chi connectivity index (χ2n) is 3.43. The molecule has 0 rings (SSSR count). The Morgan fingerprint density at radius 1 is 1.55 bits per heavy atom. The molecule has 0 amide bonds. The predicted molar refractivity (Wildman–Crippen MR) is 45.2 cm³/mol. The highest BCUT2D eigenvalue weighted by Crippen LogP contribution is 2.14. The number of nitrogens with zero attached hydrogens (tertiary/aromatic N) is 1. The molecular formula is C8H17NO2. The zero-order valence-electron chi connectivity index (χ0n) is 7.66. The fourth-order valence-corrected chi connectivity index (χ4v) is 0.947. The normalized spacial score (nSPS) is 13.2. The van der Waals surface area contributed by atoms with Crippen molar-refractivity contribution in [2.75, 3.05) is 0 Å². The van der Waals surface area contributed by atoms with Crippen LogP contribution in [0.5, 0.6) is 0 Å². The summed E-state index contributed by atoms with van der Waals surface area (Å²) in [5.74, 6) is 0. The lowest BCUT2D eigenvalue weighted by Crippen LogP contribution is -2.28. The Morgan fingerprint density at radius 2 is 2.09 bits per heavy atom. The molecule has 0 spiro atoms. The highest BCUT2D eigenvalue weighted by Gasteiger charge is 2.18. The average Bonchev–Trinajstić information content (AvgIpc) is 1.81. The van der Waals surface area contributed by atoms with E-state index in [-0.39, 0.29) is 11.7 Å². The summed E-state index contributed by atoms with van der Waals surface area (Å²) in [5, 5.41) is 11.1. The van der Waals surface area contributed by atoms with Crippen molar-refractivity contribution in [3.8, 4) is 0 Å². The second-order valence-corrected chi connectivity index (χ2v) is 3.43. The Bertz CT molecular complexity index is 130. The average molecular weight is 159 g/mol. The summed E-state index contributed by atoms with van der Waals surface area (Å²) in [7, 11) is 0. The van der Waals surface area contributed by atoms with E-state index in [2.05, 4.69) is 5.16 Å². The molecule has 0 bridgehead atoms. The monoisotopic (exact) mass is 159 g/mol. The summed E-state index contributed by atoms with van der Waals surface area (Å²) in [5.41, 5.74) is -0.236.